The van der Waals surface area contributed by atoms with Crippen molar-refractivity contribution in [3.8, 4) is 0 Å². The van der Waals surface area contributed by atoms with Crippen LogP contribution in [-0.4, -0.2) is 29.7 Å². The van der Waals surface area contributed by atoms with Gasteiger partial charge in [0.2, 0.25) is 0 Å². The van der Waals surface area contributed by atoms with Crippen molar-refractivity contribution < 1.29 is 9.53 Å². The fourth-order valence-corrected chi connectivity index (χ4v) is 2.23. The van der Waals surface area contributed by atoms with Gasteiger partial charge in [-0.3, -0.25) is 0 Å². The molecule has 4 heteroatoms. The van der Waals surface area contributed by atoms with Gasteiger partial charge in [0.1, 0.15) is 5.60 Å². The first-order valence-electron chi connectivity index (χ1n) is 8.01. The molecule has 0 bridgehead atoms. The van der Waals surface area contributed by atoms with Gasteiger partial charge in [0, 0.05) is 25.3 Å². The molecule has 1 aromatic rings. The molecule has 1 N–H and O–H groups in total. The minimum absolute atomic E-state index is 0.301. The van der Waals surface area contributed by atoms with Crippen molar-refractivity contribution in [2.45, 2.75) is 65.6 Å². The summed E-state index contributed by atoms with van der Waals surface area (Å²) in [6, 6.07) is 8.63. The van der Waals surface area contributed by atoms with Crippen molar-refractivity contribution in [2.24, 2.45) is 0 Å². The number of carbonyl (C=O) groups is 1. The molecule has 0 saturated heterocycles. The Balaban J connectivity index is 2.64. The summed E-state index contributed by atoms with van der Waals surface area (Å²) >= 11 is 0. The number of anilines is 1. The standard InChI is InChI=1S/C18H30N2O2/c1-7-9-14(2)19-16-11-8-10-15(12-16)13-20(6)17(21)22-18(3,4)5/h8,10-12,14,19H,7,9,13H2,1-6H3. The number of hydrogen-bond acceptors (Lipinski definition) is 3. The Morgan fingerprint density at radius 2 is 2.05 bits per heavy atom. The van der Waals surface area contributed by atoms with Gasteiger partial charge in [0.25, 0.3) is 0 Å². The van der Waals surface area contributed by atoms with E-state index >= 15 is 0 Å². The number of carbonyl (C=O) groups excluding carboxylic acids is 1. The lowest BCUT2D eigenvalue weighted by molar-refractivity contribution is 0.0285. The average Bonchev–Trinajstić information content (AvgIpc) is 2.37. The van der Waals surface area contributed by atoms with E-state index in [1.807, 2.05) is 32.9 Å². The Kier molecular flexibility index (Phi) is 6.72. The average molecular weight is 306 g/mol. The minimum atomic E-state index is -0.468. The zero-order valence-corrected chi connectivity index (χ0v) is 14.8. The lowest BCUT2D eigenvalue weighted by Crippen LogP contribution is -2.33. The van der Waals surface area contributed by atoms with Crippen molar-refractivity contribution in [3.05, 3.63) is 29.8 Å². The topological polar surface area (TPSA) is 41.6 Å². The molecule has 0 aliphatic heterocycles. The number of nitrogens with zero attached hydrogens (tertiary/aromatic N) is 1. The molecule has 22 heavy (non-hydrogen) atoms. The lowest BCUT2D eigenvalue weighted by atomic mass is 10.1. The molecule has 4 nitrogen and oxygen atoms in total. The van der Waals surface area contributed by atoms with E-state index in [0.717, 1.165) is 24.1 Å². The summed E-state index contributed by atoms with van der Waals surface area (Å²) in [6.07, 6.45) is 2.00. The normalized spacial score (nSPS) is 12.6. The zero-order valence-electron chi connectivity index (χ0n) is 14.8. The van der Waals surface area contributed by atoms with E-state index in [0.29, 0.717) is 12.6 Å². The largest absolute Gasteiger partial charge is 0.444 e. The Labute approximate surface area is 134 Å². The predicted molar refractivity (Wildman–Crippen MR) is 92.1 cm³/mol. The van der Waals surface area contributed by atoms with Crippen LogP contribution in [0.4, 0.5) is 10.5 Å². The van der Waals surface area contributed by atoms with Crippen LogP contribution in [0.25, 0.3) is 0 Å². The molecule has 0 radical (unpaired) electrons. The van der Waals surface area contributed by atoms with Gasteiger partial charge in [0.05, 0.1) is 0 Å². The predicted octanol–water partition coefficient (Wildman–Crippen LogP) is 4.65. The van der Waals surface area contributed by atoms with E-state index in [9.17, 15) is 4.79 Å². The number of ether oxygens (including phenoxy) is 1. The van der Waals surface area contributed by atoms with Crippen LogP contribution in [-0.2, 0) is 11.3 Å². The second-order valence-corrected chi connectivity index (χ2v) is 6.87. The van der Waals surface area contributed by atoms with Crippen LogP contribution >= 0.6 is 0 Å². The maximum absolute atomic E-state index is 12.0. The van der Waals surface area contributed by atoms with E-state index in [4.69, 9.17) is 4.74 Å². The Hall–Kier alpha value is -1.71. The first-order chi connectivity index (χ1) is 10.2. The maximum atomic E-state index is 12.0. The Bertz CT molecular complexity index is 480. The molecule has 124 valence electrons. The van der Waals surface area contributed by atoms with E-state index in [1.165, 1.54) is 0 Å². The van der Waals surface area contributed by atoms with E-state index in [1.54, 1.807) is 11.9 Å². The molecule has 0 fully saturated rings. The Morgan fingerprint density at radius 3 is 2.64 bits per heavy atom. The molecule has 1 rings (SSSR count). The third-order valence-corrected chi connectivity index (χ3v) is 3.19. The summed E-state index contributed by atoms with van der Waals surface area (Å²) in [5.41, 5.74) is 1.71. The molecule has 1 aromatic carbocycles. The molecule has 0 heterocycles. The van der Waals surface area contributed by atoms with Crippen molar-refractivity contribution in [3.63, 3.8) is 0 Å². The third kappa shape index (κ3) is 6.83. The highest BCUT2D eigenvalue weighted by Gasteiger charge is 2.19. The fraction of sp³-hybridized carbons (Fsp3) is 0.611. The first-order valence-corrected chi connectivity index (χ1v) is 8.01. The Morgan fingerprint density at radius 1 is 1.36 bits per heavy atom. The highest BCUT2D eigenvalue weighted by molar-refractivity contribution is 5.67. The van der Waals surface area contributed by atoms with Crippen molar-refractivity contribution >= 4 is 11.8 Å². The van der Waals surface area contributed by atoms with Gasteiger partial charge in [-0.1, -0.05) is 25.5 Å². The van der Waals surface area contributed by atoms with Gasteiger partial charge in [-0.25, -0.2) is 4.79 Å². The third-order valence-electron chi connectivity index (χ3n) is 3.19. The summed E-state index contributed by atoms with van der Waals surface area (Å²) < 4.78 is 5.37. The van der Waals surface area contributed by atoms with Gasteiger partial charge >= 0.3 is 6.09 Å². The number of rotatable bonds is 6. The molecular formula is C18H30N2O2. The molecule has 0 aliphatic carbocycles. The van der Waals surface area contributed by atoms with Gasteiger partial charge < -0.3 is 15.0 Å². The van der Waals surface area contributed by atoms with Gasteiger partial charge in [0.15, 0.2) is 0 Å². The second-order valence-electron chi connectivity index (χ2n) is 6.87. The van der Waals surface area contributed by atoms with Crippen LogP contribution in [0.15, 0.2) is 24.3 Å². The van der Waals surface area contributed by atoms with Gasteiger partial charge in [-0.05, 0) is 51.8 Å². The van der Waals surface area contributed by atoms with Crippen molar-refractivity contribution in [2.75, 3.05) is 12.4 Å². The van der Waals surface area contributed by atoms with Crippen LogP contribution in [0, 0.1) is 0 Å². The summed E-state index contributed by atoms with van der Waals surface area (Å²) in [5, 5.41) is 3.49. The molecule has 1 atom stereocenters. The zero-order chi connectivity index (χ0) is 16.8. The maximum Gasteiger partial charge on any atom is 0.410 e. The first kappa shape index (κ1) is 18.3. The summed E-state index contributed by atoms with van der Waals surface area (Å²) in [5.74, 6) is 0. The van der Waals surface area contributed by atoms with E-state index in [2.05, 4.69) is 31.3 Å². The highest BCUT2D eigenvalue weighted by atomic mass is 16.6. The van der Waals surface area contributed by atoms with Gasteiger partial charge in [-0.2, -0.15) is 0 Å². The summed E-state index contributed by atoms with van der Waals surface area (Å²) in [7, 11) is 1.76. The van der Waals surface area contributed by atoms with Crippen LogP contribution in [0.2, 0.25) is 0 Å². The molecule has 0 saturated carbocycles. The van der Waals surface area contributed by atoms with E-state index < -0.39 is 5.60 Å². The molecule has 0 aliphatic rings. The lowest BCUT2D eigenvalue weighted by Gasteiger charge is -2.25. The number of hydrogen-bond donors (Lipinski definition) is 1. The smallest absolute Gasteiger partial charge is 0.410 e. The number of amides is 1. The van der Waals surface area contributed by atoms with Gasteiger partial charge in [-0.15, -0.1) is 0 Å². The van der Waals surface area contributed by atoms with E-state index in [-0.39, 0.29) is 6.09 Å². The van der Waals surface area contributed by atoms with Crippen molar-refractivity contribution in [1.29, 1.82) is 0 Å². The van der Waals surface area contributed by atoms with Crippen LogP contribution < -0.4 is 5.32 Å². The second kappa shape index (κ2) is 8.06. The molecule has 0 spiro atoms. The fourth-order valence-electron chi connectivity index (χ4n) is 2.23. The molecule has 1 unspecified atom stereocenters. The summed E-state index contributed by atoms with van der Waals surface area (Å²) in [6.45, 7) is 10.5. The summed E-state index contributed by atoms with van der Waals surface area (Å²) in [4.78, 5) is 13.6. The van der Waals surface area contributed by atoms with Crippen LogP contribution in [0.1, 0.15) is 53.0 Å². The van der Waals surface area contributed by atoms with Crippen LogP contribution in [0.5, 0.6) is 0 Å². The quantitative estimate of drug-likeness (QED) is 0.831. The molecule has 1 amide bonds. The number of nitrogens with one attached hydrogen (secondary N) is 1. The monoisotopic (exact) mass is 306 g/mol. The number of benzene rings is 1. The SMILES string of the molecule is CCCC(C)Nc1cccc(CN(C)C(=O)OC(C)(C)C)c1. The molecular weight excluding hydrogens is 276 g/mol. The van der Waals surface area contributed by atoms with Crippen molar-refractivity contribution in [1.82, 2.24) is 4.90 Å². The highest BCUT2D eigenvalue weighted by Crippen LogP contribution is 2.16. The molecule has 0 aromatic heterocycles. The van der Waals surface area contributed by atoms with Crippen LogP contribution in [0.3, 0.4) is 0 Å². The minimum Gasteiger partial charge on any atom is -0.444 e.